The van der Waals surface area contributed by atoms with Gasteiger partial charge in [-0.15, -0.1) is 0 Å². The lowest BCUT2D eigenvalue weighted by molar-refractivity contribution is 0.250. The number of alkyl halides is 1. The third kappa shape index (κ3) is 4.26. The molecule has 1 aliphatic carbocycles. The Morgan fingerprint density at radius 2 is 2.00 bits per heavy atom. The van der Waals surface area contributed by atoms with Crippen molar-refractivity contribution in [2.45, 2.75) is 45.2 Å². The number of nitrogens with zero attached hydrogens (tertiary/aromatic N) is 2. The number of anilines is 1. The maximum Gasteiger partial charge on any atom is 0.319 e. The Labute approximate surface area is 187 Å². The Morgan fingerprint density at radius 3 is 2.59 bits per heavy atom. The second-order valence-corrected chi connectivity index (χ2v) is 8.34. The standard InChI is InChI=1S/C25H27FN4O2/c1-16(2)28-25(31)29-18-8-6-17(7-9-18)24-22(15-27)21-11-10-20(32-13-12-26)14-23(21)30(24)19-4-3-5-19/h6-11,14,16,19H,3-5,12-13H2,1-2H3,(H2,28,29,31). The van der Waals surface area contributed by atoms with Gasteiger partial charge in [-0.1, -0.05) is 12.1 Å². The van der Waals surface area contributed by atoms with Crippen LogP contribution in [-0.2, 0) is 0 Å². The van der Waals surface area contributed by atoms with E-state index in [0.717, 1.165) is 41.4 Å². The summed E-state index contributed by atoms with van der Waals surface area (Å²) < 4.78 is 20.3. The van der Waals surface area contributed by atoms with Crippen molar-refractivity contribution < 1.29 is 13.9 Å². The first-order valence-corrected chi connectivity index (χ1v) is 11.0. The lowest BCUT2D eigenvalue weighted by Gasteiger charge is -2.30. The van der Waals surface area contributed by atoms with E-state index in [0.29, 0.717) is 23.0 Å². The molecular weight excluding hydrogens is 407 g/mol. The average molecular weight is 435 g/mol. The van der Waals surface area contributed by atoms with E-state index >= 15 is 0 Å². The third-order valence-corrected chi connectivity index (χ3v) is 5.71. The van der Waals surface area contributed by atoms with Crippen molar-refractivity contribution in [1.29, 1.82) is 5.26 Å². The highest BCUT2D eigenvalue weighted by atomic mass is 19.1. The van der Waals surface area contributed by atoms with Crippen molar-refractivity contribution in [3.8, 4) is 23.1 Å². The van der Waals surface area contributed by atoms with Crippen LogP contribution in [0.2, 0.25) is 0 Å². The molecule has 1 saturated carbocycles. The SMILES string of the molecule is CC(C)NC(=O)Nc1ccc(-c2c(C#N)c3ccc(OCCF)cc3n2C2CCC2)cc1. The summed E-state index contributed by atoms with van der Waals surface area (Å²) in [4.78, 5) is 12.0. The summed E-state index contributed by atoms with van der Waals surface area (Å²) >= 11 is 0. The molecule has 0 spiro atoms. The van der Waals surface area contributed by atoms with E-state index < -0.39 is 6.67 Å². The fourth-order valence-corrected chi connectivity index (χ4v) is 4.10. The van der Waals surface area contributed by atoms with Gasteiger partial charge < -0.3 is 19.9 Å². The molecule has 32 heavy (non-hydrogen) atoms. The number of halogens is 1. The van der Waals surface area contributed by atoms with Crippen LogP contribution in [0.5, 0.6) is 5.75 Å². The van der Waals surface area contributed by atoms with E-state index in [-0.39, 0.29) is 18.7 Å². The normalized spacial score (nSPS) is 13.6. The monoisotopic (exact) mass is 434 g/mol. The number of carbonyl (C=O) groups is 1. The number of fused-ring (bicyclic) bond motifs is 1. The maximum atomic E-state index is 12.6. The van der Waals surface area contributed by atoms with Crippen LogP contribution in [-0.4, -0.2) is 29.9 Å². The Morgan fingerprint density at radius 1 is 1.25 bits per heavy atom. The van der Waals surface area contributed by atoms with E-state index in [4.69, 9.17) is 4.74 Å². The quantitative estimate of drug-likeness (QED) is 0.494. The van der Waals surface area contributed by atoms with Gasteiger partial charge in [-0.3, -0.25) is 0 Å². The number of nitriles is 1. The maximum absolute atomic E-state index is 12.6. The van der Waals surface area contributed by atoms with E-state index in [2.05, 4.69) is 21.3 Å². The first-order chi connectivity index (χ1) is 15.5. The molecule has 2 amide bonds. The van der Waals surface area contributed by atoms with Gasteiger partial charge in [0.2, 0.25) is 0 Å². The fourth-order valence-electron chi connectivity index (χ4n) is 4.10. The van der Waals surface area contributed by atoms with Crippen LogP contribution in [0.4, 0.5) is 14.9 Å². The highest BCUT2D eigenvalue weighted by Crippen LogP contribution is 2.43. The summed E-state index contributed by atoms with van der Waals surface area (Å²) in [6, 6.07) is 15.6. The van der Waals surface area contributed by atoms with Crippen molar-refractivity contribution in [3.05, 3.63) is 48.0 Å². The molecule has 166 valence electrons. The lowest BCUT2D eigenvalue weighted by Crippen LogP contribution is -2.34. The zero-order valence-corrected chi connectivity index (χ0v) is 18.3. The summed E-state index contributed by atoms with van der Waals surface area (Å²) in [5.74, 6) is 0.597. The smallest absolute Gasteiger partial charge is 0.319 e. The van der Waals surface area contributed by atoms with Crippen molar-refractivity contribution in [2.24, 2.45) is 0 Å². The van der Waals surface area contributed by atoms with Gasteiger partial charge in [0.05, 0.1) is 16.8 Å². The molecule has 0 radical (unpaired) electrons. The van der Waals surface area contributed by atoms with Crippen LogP contribution in [0, 0.1) is 11.3 Å². The highest BCUT2D eigenvalue weighted by molar-refractivity contribution is 5.96. The number of aromatic nitrogens is 1. The molecule has 1 aromatic heterocycles. The summed E-state index contributed by atoms with van der Waals surface area (Å²) in [6.07, 6.45) is 3.25. The topological polar surface area (TPSA) is 79.1 Å². The number of nitrogens with one attached hydrogen (secondary N) is 2. The second kappa shape index (κ2) is 9.31. The molecule has 1 aliphatic rings. The molecule has 0 atom stereocenters. The van der Waals surface area contributed by atoms with Gasteiger partial charge in [-0.2, -0.15) is 5.26 Å². The first-order valence-electron chi connectivity index (χ1n) is 11.0. The van der Waals surface area contributed by atoms with Crippen LogP contribution in [0.3, 0.4) is 0 Å². The van der Waals surface area contributed by atoms with Gasteiger partial charge in [0.1, 0.15) is 25.1 Å². The van der Waals surface area contributed by atoms with Crippen LogP contribution >= 0.6 is 0 Å². The Hall–Kier alpha value is -3.53. The Bertz CT molecular complexity index is 1160. The number of benzene rings is 2. The van der Waals surface area contributed by atoms with E-state index in [9.17, 15) is 14.4 Å². The van der Waals surface area contributed by atoms with Crippen LogP contribution in [0.15, 0.2) is 42.5 Å². The van der Waals surface area contributed by atoms with Gasteiger partial charge in [0.25, 0.3) is 0 Å². The van der Waals surface area contributed by atoms with Crippen LogP contribution in [0.1, 0.15) is 44.7 Å². The summed E-state index contributed by atoms with van der Waals surface area (Å²) in [6.45, 7) is 3.26. The predicted octanol–water partition coefficient (Wildman–Crippen LogP) is 5.78. The molecule has 6 nitrogen and oxygen atoms in total. The number of urea groups is 1. The summed E-state index contributed by atoms with van der Waals surface area (Å²) in [5, 5.41) is 16.5. The molecule has 0 bridgehead atoms. The van der Waals surface area contributed by atoms with Gasteiger partial charge in [0, 0.05) is 29.2 Å². The zero-order chi connectivity index (χ0) is 22.7. The van der Waals surface area contributed by atoms with Crippen molar-refractivity contribution in [3.63, 3.8) is 0 Å². The van der Waals surface area contributed by atoms with E-state index in [1.165, 1.54) is 0 Å². The van der Waals surface area contributed by atoms with Gasteiger partial charge in [-0.25, -0.2) is 9.18 Å². The zero-order valence-electron chi connectivity index (χ0n) is 18.3. The number of rotatable bonds is 7. The van der Waals surface area contributed by atoms with Crippen LogP contribution in [0.25, 0.3) is 22.2 Å². The van der Waals surface area contributed by atoms with E-state index in [1.54, 1.807) is 6.07 Å². The van der Waals surface area contributed by atoms with Crippen molar-refractivity contribution in [2.75, 3.05) is 18.6 Å². The number of ether oxygens (including phenoxy) is 1. The third-order valence-electron chi connectivity index (χ3n) is 5.71. The number of hydrogen-bond acceptors (Lipinski definition) is 3. The largest absolute Gasteiger partial charge is 0.491 e. The van der Waals surface area contributed by atoms with Gasteiger partial charge in [0.15, 0.2) is 0 Å². The highest BCUT2D eigenvalue weighted by Gasteiger charge is 2.28. The number of amides is 2. The van der Waals surface area contributed by atoms with E-state index in [1.807, 2.05) is 50.2 Å². The van der Waals surface area contributed by atoms with Gasteiger partial charge in [-0.05, 0) is 62.9 Å². The molecule has 7 heteroatoms. The predicted molar refractivity (Wildman–Crippen MR) is 124 cm³/mol. The molecule has 0 saturated heterocycles. The molecule has 1 heterocycles. The molecule has 4 rings (SSSR count). The molecule has 1 fully saturated rings. The summed E-state index contributed by atoms with van der Waals surface area (Å²) in [5.41, 5.74) is 4.00. The van der Waals surface area contributed by atoms with Gasteiger partial charge >= 0.3 is 6.03 Å². The average Bonchev–Trinajstić information content (AvgIpc) is 3.04. The first kappa shape index (κ1) is 21.7. The summed E-state index contributed by atoms with van der Waals surface area (Å²) in [7, 11) is 0. The lowest BCUT2D eigenvalue weighted by atomic mass is 9.92. The minimum atomic E-state index is -0.550. The second-order valence-electron chi connectivity index (χ2n) is 8.34. The minimum Gasteiger partial charge on any atom is -0.491 e. The fraction of sp³-hybridized carbons (Fsp3) is 0.360. The number of carbonyl (C=O) groups excluding carboxylic acids is 1. The van der Waals surface area contributed by atoms with Crippen LogP contribution < -0.4 is 15.4 Å². The molecule has 0 unspecified atom stereocenters. The molecule has 2 aromatic carbocycles. The van der Waals surface area contributed by atoms with Crippen molar-refractivity contribution >= 4 is 22.6 Å². The molecule has 2 N–H and O–H groups in total. The Balaban J connectivity index is 1.76. The molecular formula is C25H27FN4O2. The number of hydrogen-bond donors (Lipinski definition) is 2. The van der Waals surface area contributed by atoms with Crippen molar-refractivity contribution in [1.82, 2.24) is 9.88 Å². The molecule has 3 aromatic rings. The minimum absolute atomic E-state index is 0.00641. The Kier molecular flexibility index (Phi) is 6.31. The molecule has 0 aliphatic heterocycles.